The summed E-state index contributed by atoms with van der Waals surface area (Å²) in [7, 11) is 0. The van der Waals surface area contributed by atoms with Gasteiger partial charge in [-0.2, -0.15) is 18.4 Å². The standard InChI is InChI=1S/C16H12F3N/c1-2-11-5-3-6-12(9-11)15-13(10-20)7-4-8-14(15)16(17,18)19/h3-9H,2H2,1H3. The summed E-state index contributed by atoms with van der Waals surface area (Å²) in [6.45, 7) is 1.93. The summed E-state index contributed by atoms with van der Waals surface area (Å²) in [6, 6.07) is 12.4. The Morgan fingerprint density at radius 3 is 2.40 bits per heavy atom. The molecule has 0 aliphatic heterocycles. The molecule has 0 radical (unpaired) electrons. The molecular formula is C16H12F3N. The van der Waals surface area contributed by atoms with Crippen LogP contribution in [0.15, 0.2) is 42.5 Å². The molecule has 0 aliphatic carbocycles. The van der Waals surface area contributed by atoms with Crippen molar-refractivity contribution in [3.05, 3.63) is 59.2 Å². The van der Waals surface area contributed by atoms with Gasteiger partial charge in [0.15, 0.2) is 0 Å². The van der Waals surface area contributed by atoms with Crippen LogP contribution in [0.25, 0.3) is 11.1 Å². The van der Waals surface area contributed by atoms with Gasteiger partial charge in [0.25, 0.3) is 0 Å². The first-order valence-corrected chi connectivity index (χ1v) is 6.17. The van der Waals surface area contributed by atoms with E-state index in [1.54, 1.807) is 18.2 Å². The van der Waals surface area contributed by atoms with Gasteiger partial charge in [0, 0.05) is 5.56 Å². The molecule has 0 N–H and O–H groups in total. The fourth-order valence-electron chi connectivity index (χ4n) is 2.14. The van der Waals surface area contributed by atoms with E-state index in [0.717, 1.165) is 18.1 Å². The van der Waals surface area contributed by atoms with Crippen molar-refractivity contribution in [2.75, 3.05) is 0 Å². The lowest BCUT2D eigenvalue weighted by atomic mass is 9.93. The number of alkyl halides is 3. The smallest absolute Gasteiger partial charge is 0.192 e. The quantitative estimate of drug-likeness (QED) is 0.771. The van der Waals surface area contributed by atoms with Crippen LogP contribution in [0.1, 0.15) is 23.6 Å². The van der Waals surface area contributed by atoms with E-state index in [-0.39, 0.29) is 11.1 Å². The minimum atomic E-state index is -4.48. The third-order valence-corrected chi connectivity index (χ3v) is 3.11. The Morgan fingerprint density at radius 1 is 1.10 bits per heavy atom. The minimum Gasteiger partial charge on any atom is -0.192 e. The predicted octanol–water partition coefficient (Wildman–Crippen LogP) is 4.81. The van der Waals surface area contributed by atoms with E-state index >= 15 is 0 Å². The van der Waals surface area contributed by atoms with Crippen molar-refractivity contribution in [1.29, 1.82) is 5.26 Å². The largest absolute Gasteiger partial charge is 0.417 e. The number of nitrogens with zero attached hydrogens (tertiary/aromatic N) is 1. The SMILES string of the molecule is CCc1cccc(-c2c(C#N)cccc2C(F)(F)F)c1. The van der Waals surface area contributed by atoms with E-state index < -0.39 is 11.7 Å². The van der Waals surface area contributed by atoms with Crippen molar-refractivity contribution < 1.29 is 13.2 Å². The number of rotatable bonds is 2. The number of hydrogen-bond donors (Lipinski definition) is 0. The van der Waals surface area contributed by atoms with E-state index in [0.29, 0.717) is 5.56 Å². The third-order valence-electron chi connectivity index (χ3n) is 3.11. The molecule has 0 amide bonds. The van der Waals surface area contributed by atoms with Gasteiger partial charge < -0.3 is 0 Å². The van der Waals surface area contributed by atoms with Gasteiger partial charge >= 0.3 is 6.18 Å². The van der Waals surface area contributed by atoms with Crippen molar-refractivity contribution in [1.82, 2.24) is 0 Å². The molecular weight excluding hydrogens is 263 g/mol. The van der Waals surface area contributed by atoms with Gasteiger partial charge in [0.05, 0.1) is 17.2 Å². The first-order valence-electron chi connectivity index (χ1n) is 6.17. The van der Waals surface area contributed by atoms with Gasteiger partial charge in [-0.15, -0.1) is 0 Å². The second-order valence-electron chi connectivity index (χ2n) is 4.39. The molecule has 4 heteroatoms. The molecule has 0 spiro atoms. The highest BCUT2D eigenvalue weighted by Gasteiger charge is 2.34. The second-order valence-corrected chi connectivity index (χ2v) is 4.39. The van der Waals surface area contributed by atoms with Crippen LogP contribution in [0, 0.1) is 11.3 Å². The van der Waals surface area contributed by atoms with Crippen LogP contribution in [0.3, 0.4) is 0 Å². The molecule has 0 unspecified atom stereocenters. The van der Waals surface area contributed by atoms with Crippen molar-refractivity contribution in [2.45, 2.75) is 19.5 Å². The number of nitriles is 1. The topological polar surface area (TPSA) is 23.8 Å². The maximum absolute atomic E-state index is 13.1. The maximum Gasteiger partial charge on any atom is 0.417 e. The highest BCUT2D eigenvalue weighted by molar-refractivity contribution is 5.75. The number of hydrogen-bond acceptors (Lipinski definition) is 1. The highest BCUT2D eigenvalue weighted by atomic mass is 19.4. The van der Waals surface area contributed by atoms with Crippen LogP contribution in [0.4, 0.5) is 13.2 Å². The summed E-state index contributed by atoms with van der Waals surface area (Å²) in [5.74, 6) is 0. The maximum atomic E-state index is 13.1. The minimum absolute atomic E-state index is 0.0353. The Kier molecular flexibility index (Phi) is 3.80. The van der Waals surface area contributed by atoms with Gasteiger partial charge in [0.1, 0.15) is 0 Å². The average Bonchev–Trinajstić information content (AvgIpc) is 2.45. The molecule has 1 nitrogen and oxygen atoms in total. The van der Waals surface area contributed by atoms with Crippen molar-refractivity contribution in [2.24, 2.45) is 0 Å². The van der Waals surface area contributed by atoms with E-state index in [4.69, 9.17) is 5.26 Å². The van der Waals surface area contributed by atoms with E-state index in [1.807, 2.05) is 19.1 Å². The Morgan fingerprint density at radius 2 is 1.80 bits per heavy atom. The predicted molar refractivity (Wildman–Crippen MR) is 71.0 cm³/mol. The molecule has 0 saturated carbocycles. The zero-order valence-corrected chi connectivity index (χ0v) is 10.8. The average molecular weight is 275 g/mol. The number of halogens is 3. The first kappa shape index (κ1) is 14.1. The normalized spacial score (nSPS) is 11.2. The van der Waals surface area contributed by atoms with Crippen LogP contribution >= 0.6 is 0 Å². The fraction of sp³-hybridized carbons (Fsp3) is 0.188. The van der Waals surface area contributed by atoms with Crippen LogP contribution in [-0.4, -0.2) is 0 Å². The third kappa shape index (κ3) is 2.67. The van der Waals surface area contributed by atoms with E-state index in [1.165, 1.54) is 12.1 Å². The van der Waals surface area contributed by atoms with Gasteiger partial charge in [-0.1, -0.05) is 37.3 Å². The molecule has 0 fully saturated rings. The fourth-order valence-corrected chi connectivity index (χ4v) is 2.14. The number of aryl methyl sites for hydroxylation is 1. The second kappa shape index (κ2) is 5.38. The van der Waals surface area contributed by atoms with Crippen LogP contribution in [0.5, 0.6) is 0 Å². The molecule has 0 aliphatic rings. The summed E-state index contributed by atoms with van der Waals surface area (Å²) in [5, 5.41) is 9.08. The molecule has 20 heavy (non-hydrogen) atoms. The molecule has 2 rings (SSSR count). The van der Waals surface area contributed by atoms with Gasteiger partial charge in [-0.25, -0.2) is 0 Å². The zero-order chi connectivity index (χ0) is 14.8. The molecule has 102 valence electrons. The van der Waals surface area contributed by atoms with Gasteiger partial charge in [0.2, 0.25) is 0 Å². The highest BCUT2D eigenvalue weighted by Crippen LogP contribution is 2.39. The Balaban J connectivity index is 2.74. The monoisotopic (exact) mass is 275 g/mol. The van der Waals surface area contributed by atoms with Gasteiger partial charge in [-0.05, 0) is 29.7 Å². The molecule has 2 aromatic carbocycles. The van der Waals surface area contributed by atoms with Crippen molar-refractivity contribution in [3.8, 4) is 17.2 Å². The lowest BCUT2D eigenvalue weighted by Gasteiger charge is -2.15. The van der Waals surface area contributed by atoms with E-state index in [2.05, 4.69) is 0 Å². The molecule has 0 aromatic heterocycles. The molecule has 0 bridgehead atoms. The Hall–Kier alpha value is -2.28. The first-order chi connectivity index (χ1) is 9.47. The summed E-state index contributed by atoms with van der Waals surface area (Å²) in [6.07, 6.45) is -3.76. The summed E-state index contributed by atoms with van der Waals surface area (Å²) >= 11 is 0. The van der Waals surface area contributed by atoms with Crippen LogP contribution in [-0.2, 0) is 12.6 Å². The lowest BCUT2D eigenvalue weighted by molar-refractivity contribution is -0.137. The molecule has 0 atom stereocenters. The summed E-state index contributed by atoms with van der Waals surface area (Å²) in [4.78, 5) is 0. The van der Waals surface area contributed by atoms with E-state index in [9.17, 15) is 13.2 Å². The molecule has 0 heterocycles. The van der Waals surface area contributed by atoms with Gasteiger partial charge in [-0.3, -0.25) is 0 Å². The Bertz CT molecular complexity index is 666. The summed E-state index contributed by atoms with van der Waals surface area (Å²) in [5.41, 5.74) is 0.577. The lowest BCUT2D eigenvalue weighted by Crippen LogP contribution is -2.08. The van der Waals surface area contributed by atoms with Crippen LogP contribution < -0.4 is 0 Å². The van der Waals surface area contributed by atoms with Crippen molar-refractivity contribution >= 4 is 0 Å². The Labute approximate surface area is 115 Å². The molecule has 2 aromatic rings. The van der Waals surface area contributed by atoms with Crippen molar-refractivity contribution in [3.63, 3.8) is 0 Å². The zero-order valence-electron chi connectivity index (χ0n) is 10.8. The number of benzene rings is 2. The summed E-state index contributed by atoms with van der Waals surface area (Å²) < 4.78 is 39.4. The molecule has 0 saturated heterocycles. The van der Waals surface area contributed by atoms with Crippen LogP contribution in [0.2, 0.25) is 0 Å².